The number of carbonyl (C=O) groups is 1. The summed E-state index contributed by atoms with van der Waals surface area (Å²) in [5, 5.41) is 22.3. The SMILES string of the molecule is CC1=C(C(=O)Nc2ccc(Cl)cc2)[C@H](c2ccc([N+](=O)[O-])cc2)n2nc(C)cc2N1. The molecule has 0 aliphatic carbocycles. The van der Waals surface area contributed by atoms with Gasteiger partial charge in [0.25, 0.3) is 11.6 Å². The Morgan fingerprint density at radius 2 is 1.83 bits per heavy atom. The van der Waals surface area contributed by atoms with Crippen molar-refractivity contribution in [2.45, 2.75) is 19.9 Å². The van der Waals surface area contributed by atoms with Gasteiger partial charge >= 0.3 is 0 Å². The number of carbonyl (C=O) groups excluding carboxylic acids is 1. The van der Waals surface area contributed by atoms with Crippen molar-refractivity contribution in [3.05, 3.63) is 92.3 Å². The molecule has 9 heteroatoms. The van der Waals surface area contributed by atoms with Gasteiger partial charge < -0.3 is 10.6 Å². The molecule has 2 heterocycles. The Labute approximate surface area is 177 Å². The van der Waals surface area contributed by atoms with E-state index in [0.29, 0.717) is 27.5 Å². The predicted octanol–water partition coefficient (Wildman–Crippen LogP) is 4.68. The first kappa shape index (κ1) is 19.7. The fourth-order valence-electron chi connectivity index (χ4n) is 3.51. The van der Waals surface area contributed by atoms with Gasteiger partial charge in [0.15, 0.2) is 0 Å². The molecule has 152 valence electrons. The number of fused-ring (bicyclic) bond motifs is 1. The van der Waals surface area contributed by atoms with Gasteiger partial charge in [-0.2, -0.15) is 5.10 Å². The van der Waals surface area contributed by atoms with Gasteiger partial charge in [-0.25, -0.2) is 4.68 Å². The molecule has 2 aromatic carbocycles. The lowest BCUT2D eigenvalue weighted by atomic mass is 9.94. The van der Waals surface area contributed by atoms with E-state index < -0.39 is 11.0 Å². The van der Waals surface area contributed by atoms with Crippen LogP contribution in [0.15, 0.2) is 65.9 Å². The minimum Gasteiger partial charge on any atom is -0.344 e. The Hall–Kier alpha value is -3.65. The quantitative estimate of drug-likeness (QED) is 0.468. The number of nitro benzene ring substituents is 1. The zero-order chi connectivity index (χ0) is 21.4. The third kappa shape index (κ3) is 3.65. The lowest BCUT2D eigenvalue weighted by Crippen LogP contribution is -2.31. The second-order valence-electron chi connectivity index (χ2n) is 6.99. The normalized spacial score (nSPS) is 15.4. The van der Waals surface area contributed by atoms with Crippen molar-refractivity contribution >= 4 is 34.7 Å². The molecular formula is C21H18ClN5O3. The molecule has 0 unspecified atom stereocenters. The van der Waals surface area contributed by atoms with Crippen molar-refractivity contribution in [2.24, 2.45) is 0 Å². The van der Waals surface area contributed by atoms with Gasteiger partial charge in [0.1, 0.15) is 11.9 Å². The van der Waals surface area contributed by atoms with E-state index >= 15 is 0 Å². The molecule has 8 nitrogen and oxygen atoms in total. The van der Waals surface area contributed by atoms with Crippen LogP contribution in [0.25, 0.3) is 0 Å². The molecule has 0 spiro atoms. The highest BCUT2D eigenvalue weighted by Gasteiger charge is 2.33. The molecule has 0 bridgehead atoms. The average Bonchev–Trinajstić information content (AvgIpc) is 3.08. The van der Waals surface area contributed by atoms with Crippen molar-refractivity contribution < 1.29 is 9.72 Å². The number of hydrogen-bond donors (Lipinski definition) is 2. The predicted molar refractivity (Wildman–Crippen MR) is 115 cm³/mol. The first-order chi connectivity index (χ1) is 14.3. The monoisotopic (exact) mass is 423 g/mol. The molecule has 0 saturated carbocycles. The van der Waals surface area contributed by atoms with Crippen LogP contribution in [0.4, 0.5) is 17.2 Å². The fraction of sp³-hybridized carbons (Fsp3) is 0.143. The molecule has 3 aromatic rings. The van der Waals surface area contributed by atoms with Crippen LogP contribution < -0.4 is 10.6 Å². The van der Waals surface area contributed by atoms with E-state index in [1.165, 1.54) is 12.1 Å². The summed E-state index contributed by atoms with van der Waals surface area (Å²) in [5.74, 6) is 0.445. The average molecular weight is 424 g/mol. The lowest BCUT2D eigenvalue weighted by Gasteiger charge is -2.29. The maximum atomic E-state index is 13.2. The first-order valence-electron chi connectivity index (χ1n) is 9.18. The van der Waals surface area contributed by atoms with Crippen LogP contribution >= 0.6 is 11.6 Å². The number of benzene rings is 2. The van der Waals surface area contributed by atoms with Gasteiger partial charge in [0.2, 0.25) is 0 Å². The second-order valence-corrected chi connectivity index (χ2v) is 7.43. The van der Waals surface area contributed by atoms with E-state index in [0.717, 1.165) is 11.5 Å². The van der Waals surface area contributed by atoms with Gasteiger partial charge in [0.05, 0.1) is 16.2 Å². The zero-order valence-corrected chi connectivity index (χ0v) is 17.0. The highest BCUT2D eigenvalue weighted by Crippen LogP contribution is 2.37. The van der Waals surface area contributed by atoms with Crippen LogP contribution in [0.3, 0.4) is 0 Å². The Bertz CT molecular complexity index is 1170. The summed E-state index contributed by atoms with van der Waals surface area (Å²) in [6, 6.07) is 14.3. The number of rotatable bonds is 4. The minimum absolute atomic E-state index is 0.0163. The molecule has 1 aromatic heterocycles. The Morgan fingerprint density at radius 3 is 2.47 bits per heavy atom. The van der Waals surface area contributed by atoms with Gasteiger partial charge in [-0.15, -0.1) is 0 Å². The maximum Gasteiger partial charge on any atom is 0.269 e. The van der Waals surface area contributed by atoms with E-state index in [2.05, 4.69) is 15.7 Å². The molecule has 2 N–H and O–H groups in total. The number of halogens is 1. The van der Waals surface area contributed by atoms with Crippen molar-refractivity contribution in [3.8, 4) is 0 Å². The molecular weight excluding hydrogens is 406 g/mol. The summed E-state index contributed by atoms with van der Waals surface area (Å²) in [5.41, 5.74) is 3.24. The number of non-ortho nitro benzene ring substituents is 1. The van der Waals surface area contributed by atoms with Gasteiger partial charge in [-0.3, -0.25) is 14.9 Å². The summed E-state index contributed by atoms with van der Waals surface area (Å²) in [4.78, 5) is 23.8. The van der Waals surface area contributed by atoms with Crippen molar-refractivity contribution in [3.63, 3.8) is 0 Å². The Morgan fingerprint density at radius 1 is 1.17 bits per heavy atom. The summed E-state index contributed by atoms with van der Waals surface area (Å²) < 4.78 is 1.72. The molecule has 0 saturated heterocycles. The number of amides is 1. The van der Waals surface area contributed by atoms with Crippen molar-refractivity contribution in [1.29, 1.82) is 0 Å². The van der Waals surface area contributed by atoms with Crippen LogP contribution in [-0.4, -0.2) is 20.6 Å². The Kier molecular flexibility index (Phi) is 5.01. The highest BCUT2D eigenvalue weighted by molar-refractivity contribution is 6.30. The number of nitrogens with one attached hydrogen (secondary N) is 2. The minimum atomic E-state index is -0.539. The largest absolute Gasteiger partial charge is 0.344 e. The van der Waals surface area contributed by atoms with E-state index in [-0.39, 0.29) is 11.6 Å². The van der Waals surface area contributed by atoms with E-state index in [1.807, 2.05) is 19.9 Å². The summed E-state index contributed by atoms with van der Waals surface area (Å²) in [6.07, 6.45) is 0. The smallest absolute Gasteiger partial charge is 0.269 e. The number of aromatic nitrogens is 2. The van der Waals surface area contributed by atoms with E-state index in [9.17, 15) is 14.9 Å². The molecule has 1 amide bonds. The maximum absolute atomic E-state index is 13.2. The van der Waals surface area contributed by atoms with Gasteiger partial charge in [0, 0.05) is 34.6 Å². The van der Waals surface area contributed by atoms with E-state index in [4.69, 9.17) is 11.6 Å². The van der Waals surface area contributed by atoms with Crippen LogP contribution in [0.2, 0.25) is 5.02 Å². The molecule has 4 rings (SSSR count). The zero-order valence-electron chi connectivity index (χ0n) is 16.2. The molecule has 0 radical (unpaired) electrons. The van der Waals surface area contributed by atoms with Crippen LogP contribution in [0.5, 0.6) is 0 Å². The van der Waals surface area contributed by atoms with Gasteiger partial charge in [-0.05, 0) is 55.8 Å². The summed E-state index contributed by atoms with van der Waals surface area (Å²) >= 11 is 5.93. The van der Waals surface area contributed by atoms with E-state index in [1.54, 1.807) is 41.1 Å². The topological polar surface area (TPSA) is 102 Å². The fourth-order valence-corrected chi connectivity index (χ4v) is 3.63. The number of hydrogen-bond acceptors (Lipinski definition) is 5. The van der Waals surface area contributed by atoms with Crippen LogP contribution in [-0.2, 0) is 4.79 Å². The Balaban J connectivity index is 1.76. The molecule has 30 heavy (non-hydrogen) atoms. The lowest BCUT2D eigenvalue weighted by molar-refractivity contribution is -0.384. The first-order valence-corrected chi connectivity index (χ1v) is 9.56. The standard InChI is InChI=1S/C21H18ClN5O3/c1-12-11-18-23-13(2)19(21(28)24-16-7-5-15(22)6-8-16)20(26(18)25-12)14-3-9-17(10-4-14)27(29)30/h3-11,20,23H,1-2H3,(H,24,28)/t20-/m0/s1. The third-order valence-corrected chi connectivity index (χ3v) is 5.11. The van der Waals surface area contributed by atoms with Gasteiger partial charge in [-0.1, -0.05) is 11.6 Å². The molecule has 1 aliphatic heterocycles. The molecule has 0 fully saturated rings. The third-order valence-electron chi connectivity index (χ3n) is 4.86. The van der Waals surface area contributed by atoms with Crippen LogP contribution in [0, 0.1) is 17.0 Å². The second kappa shape index (κ2) is 7.64. The summed E-state index contributed by atoms with van der Waals surface area (Å²) in [7, 11) is 0. The molecule has 1 atom stereocenters. The summed E-state index contributed by atoms with van der Waals surface area (Å²) in [6.45, 7) is 3.68. The van der Waals surface area contributed by atoms with Crippen LogP contribution in [0.1, 0.15) is 24.2 Å². The van der Waals surface area contributed by atoms with Crippen molar-refractivity contribution in [2.75, 3.05) is 10.6 Å². The highest BCUT2D eigenvalue weighted by atomic mass is 35.5. The number of allylic oxidation sites excluding steroid dienone is 1. The number of aryl methyl sites for hydroxylation is 1. The van der Waals surface area contributed by atoms with Crippen molar-refractivity contribution in [1.82, 2.24) is 9.78 Å². The number of anilines is 2. The molecule has 1 aliphatic rings. The number of nitrogens with zero attached hydrogens (tertiary/aromatic N) is 3. The number of nitro groups is 1.